The van der Waals surface area contributed by atoms with Crippen molar-refractivity contribution in [2.75, 3.05) is 30.8 Å². The van der Waals surface area contributed by atoms with Crippen LogP contribution in [0.4, 0.5) is 11.4 Å². The SMILES string of the molecule is COc1ccc([N+](=O)[O-])cc1N(CC(=O)N(Cc1ccccc1Cl)C(Cc1ccccc1)C(=O)NCC(C)C)S(C)(=O)=O. The molecule has 0 aliphatic carbocycles. The average Bonchev–Trinajstić information content (AvgIpc) is 2.96. The zero-order chi connectivity index (χ0) is 31.7. The zero-order valence-electron chi connectivity index (χ0n) is 24.4. The topological polar surface area (TPSA) is 139 Å². The van der Waals surface area contributed by atoms with Crippen LogP contribution in [0.1, 0.15) is 25.0 Å². The van der Waals surface area contributed by atoms with Crippen molar-refractivity contribution in [3.63, 3.8) is 0 Å². The molecule has 0 saturated heterocycles. The van der Waals surface area contributed by atoms with Gasteiger partial charge in [-0.05, 0) is 29.2 Å². The lowest BCUT2D eigenvalue weighted by Crippen LogP contribution is -2.53. The molecule has 0 aromatic heterocycles. The molecule has 3 aromatic carbocycles. The Balaban J connectivity index is 2.13. The fraction of sp³-hybridized carbons (Fsp3) is 0.333. The molecule has 43 heavy (non-hydrogen) atoms. The number of methoxy groups -OCH3 is 1. The molecule has 0 aliphatic heterocycles. The summed E-state index contributed by atoms with van der Waals surface area (Å²) < 4.78 is 32.1. The first-order chi connectivity index (χ1) is 20.3. The number of nitrogens with zero attached hydrogens (tertiary/aromatic N) is 3. The van der Waals surface area contributed by atoms with Gasteiger partial charge in [-0.3, -0.25) is 24.0 Å². The van der Waals surface area contributed by atoms with Crippen molar-refractivity contribution in [1.29, 1.82) is 0 Å². The van der Waals surface area contributed by atoms with Gasteiger partial charge in [0, 0.05) is 36.7 Å². The highest BCUT2D eigenvalue weighted by Crippen LogP contribution is 2.34. The summed E-state index contributed by atoms with van der Waals surface area (Å²) in [5, 5.41) is 14.8. The van der Waals surface area contributed by atoms with Gasteiger partial charge in [-0.25, -0.2) is 8.42 Å². The summed E-state index contributed by atoms with van der Waals surface area (Å²) in [7, 11) is -2.89. The number of nitro groups is 1. The van der Waals surface area contributed by atoms with Gasteiger partial charge in [0.1, 0.15) is 24.0 Å². The smallest absolute Gasteiger partial charge is 0.271 e. The average molecular weight is 631 g/mol. The first kappa shape index (κ1) is 33.3. The molecular formula is C30H35ClN4O7S. The number of halogens is 1. The van der Waals surface area contributed by atoms with Crippen LogP contribution in [-0.2, 0) is 32.6 Å². The van der Waals surface area contributed by atoms with Crippen LogP contribution in [0, 0.1) is 16.0 Å². The number of carbonyl (C=O) groups is 2. The number of benzene rings is 3. The Morgan fingerprint density at radius 1 is 1.05 bits per heavy atom. The lowest BCUT2D eigenvalue weighted by molar-refractivity contribution is -0.384. The van der Waals surface area contributed by atoms with Crippen LogP contribution in [0.2, 0.25) is 5.02 Å². The Labute approximate surface area is 256 Å². The highest BCUT2D eigenvalue weighted by Gasteiger charge is 2.34. The molecular weight excluding hydrogens is 596 g/mol. The number of amides is 2. The van der Waals surface area contributed by atoms with Crippen LogP contribution >= 0.6 is 11.6 Å². The molecule has 1 unspecified atom stereocenters. The van der Waals surface area contributed by atoms with Gasteiger partial charge < -0.3 is 15.0 Å². The Bertz CT molecular complexity index is 1550. The molecule has 3 aromatic rings. The molecule has 230 valence electrons. The summed E-state index contributed by atoms with van der Waals surface area (Å²) in [6.07, 6.45) is 1.02. The molecule has 0 heterocycles. The van der Waals surface area contributed by atoms with Gasteiger partial charge in [0.25, 0.3) is 5.69 Å². The third-order valence-electron chi connectivity index (χ3n) is 6.58. The van der Waals surface area contributed by atoms with Crippen LogP contribution in [0.5, 0.6) is 5.75 Å². The molecule has 1 N–H and O–H groups in total. The number of non-ortho nitro benzene ring substituents is 1. The lowest BCUT2D eigenvalue weighted by atomic mass is 10.0. The van der Waals surface area contributed by atoms with E-state index in [0.29, 0.717) is 17.1 Å². The molecule has 11 nitrogen and oxygen atoms in total. The molecule has 1 atom stereocenters. The Kier molecular flexibility index (Phi) is 11.5. The lowest BCUT2D eigenvalue weighted by Gasteiger charge is -2.34. The van der Waals surface area contributed by atoms with Crippen LogP contribution in [0.3, 0.4) is 0 Å². The Morgan fingerprint density at radius 3 is 2.28 bits per heavy atom. The molecule has 0 aliphatic rings. The molecule has 0 fully saturated rings. The third-order valence-corrected chi connectivity index (χ3v) is 8.07. The number of nitro benzene ring substituents is 1. The monoisotopic (exact) mass is 630 g/mol. The van der Waals surface area contributed by atoms with Crippen molar-refractivity contribution in [2.45, 2.75) is 32.9 Å². The third kappa shape index (κ3) is 9.16. The quantitative estimate of drug-likeness (QED) is 0.205. The van der Waals surface area contributed by atoms with E-state index in [4.69, 9.17) is 16.3 Å². The Hall–Kier alpha value is -4.16. The first-order valence-electron chi connectivity index (χ1n) is 13.5. The predicted octanol–water partition coefficient (Wildman–Crippen LogP) is 4.44. The second-order valence-electron chi connectivity index (χ2n) is 10.3. The van der Waals surface area contributed by atoms with E-state index in [1.165, 1.54) is 24.1 Å². The van der Waals surface area contributed by atoms with Gasteiger partial charge in [-0.15, -0.1) is 0 Å². The molecule has 13 heteroatoms. The van der Waals surface area contributed by atoms with Crippen LogP contribution in [-0.4, -0.2) is 62.6 Å². The van der Waals surface area contributed by atoms with E-state index in [2.05, 4.69) is 5.32 Å². The number of ether oxygens (including phenoxy) is 1. The van der Waals surface area contributed by atoms with Crippen molar-refractivity contribution >= 4 is 44.8 Å². The van der Waals surface area contributed by atoms with Gasteiger partial charge in [-0.2, -0.15) is 0 Å². The number of hydrogen-bond acceptors (Lipinski definition) is 7. The first-order valence-corrected chi connectivity index (χ1v) is 15.7. The second-order valence-corrected chi connectivity index (χ2v) is 12.7. The van der Waals surface area contributed by atoms with Gasteiger partial charge >= 0.3 is 0 Å². The number of hydrogen-bond donors (Lipinski definition) is 1. The number of anilines is 1. The standard InChI is InChI=1S/C30H35ClN4O7S/c1-21(2)18-32-30(37)27(16-22-10-6-5-7-11-22)33(19-23-12-8-9-13-25(23)31)29(36)20-34(43(4,40)41)26-17-24(35(38)39)14-15-28(26)42-3/h5-15,17,21,27H,16,18-20H2,1-4H3,(H,32,37). The van der Waals surface area contributed by atoms with Crippen molar-refractivity contribution in [3.8, 4) is 5.75 Å². The minimum Gasteiger partial charge on any atom is -0.495 e. The largest absolute Gasteiger partial charge is 0.495 e. The molecule has 0 spiro atoms. The van der Waals surface area contributed by atoms with E-state index in [0.717, 1.165) is 22.2 Å². The highest BCUT2D eigenvalue weighted by molar-refractivity contribution is 7.92. The summed E-state index contributed by atoms with van der Waals surface area (Å²) in [6, 6.07) is 18.4. The fourth-order valence-electron chi connectivity index (χ4n) is 4.37. The number of nitrogens with one attached hydrogen (secondary N) is 1. The van der Waals surface area contributed by atoms with E-state index >= 15 is 0 Å². The maximum atomic E-state index is 14.2. The van der Waals surface area contributed by atoms with Crippen LogP contribution in [0.15, 0.2) is 72.8 Å². The summed E-state index contributed by atoms with van der Waals surface area (Å²) in [5.74, 6) is -0.996. The second kappa shape index (κ2) is 14.8. The van der Waals surface area contributed by atoms with E-state index in [9.17, 15) is 28.1 Å². The van der Waals surface area contributed by atoms with E-state index < -0.39 is 39.3 Å². The molecule has 0 radical (unpaired) electrons. The van der Waals surface area contributed by atoms with Crippen LogP contribution in [0.25, 0.3) is 0 Å². The number of carbonyl (C=O) groups excluding carboxylic acids is 2. The van der Waals surface area contributed by atoms with E-state index in [1.54, 1.807) is 24.3 Å². The van der Waals surface area contributed by atoms with Gasteiger partial charge in [0.15, 0.2) is 0 Å². The summed E-state index contributed by atoms with van der Waals surface area (Å²) in [6.45, 7) is 3.38. The maximum Gasteiger partial charge on any atom is 0.271 e. The van der Waals surface area contributed by atoms with Crippen molar-refractivity contribution in [3.05, 3.63) is 99.1 Å². The molecule has 2 amide bonds. The zero-order valence-corrected chi connectivity index (χ0v) is 26.0. The number of rotatable bonds is 14. The normalized spacial score (nSPS) is 12.0. The van der Waals surface area contributed by atoms with E-state index in [1.807, 2.05) is 44.2 Å². The summed E-state index contributed by atoms with van der Waals surface area (Å²) in [5.41, 5.74) is 0.754. The predicted molar refractivity (Wildman–Crippen MR) is 166 cm³/mol. The van der Waals surface area contributed by atoms with Gasteiger partial charge in [0.2, 0.25) is 21.8 Å². The maximum absolute atomic E-state index is 14.2. The molecule has 0 saturated carbocycles. The van der Waals surface area contributed by atoms with Gasteiger partial charge in [-0.1, -0.05) is 74.0 Å². The summed E-state index contributed by atoms with van der Waals surface area (Å²) in [4.78, 5) is 40.0. The van der Waals surface area contributed by atoms with Crippen molar-refractivity contribution in [1.82, 2.24) is 10.2 Å². The van der Waals surface area contributed by atoms with Gasteiger partial charge in [0.05, 0.1) is 18.3 Å². The van der Waals surface area contributed by atoms with E-state index in [-0.39, 0.29) is 36.0 Å². The van der Waals surface area contributed by atoms with Crippen molar-refractivity contribution < 1.29 is 27.7 Å². The van der Waals surface area contributed by atoms with Crippen molar-refractivity contribution in [2.24, 2.45) is 5.92 Å². The summed E-state index contributed by atoms with van der Waals surface area (Å²) >= 11 is 6.46. The fourth-order valence-corrected chi connectivity index (χ4v) is 5.41. The highest BCUT2D eigenvalue weighted by atomic mass is 35.5. The molecule has 3 rings (SSSR count). The molecule has 0 bridgehead atoms. The minimum absolute atomic E-state index is 0.0111. The number of sulfonamides is 1. The van der Waals surface area contributed by atoms with Crippen LogP contribution < -0.4 is 14.4 Å². The Morgan fingerprint density at radius 2 is 1.70 bits per heavy atom. The minimum atomic E-state index is -4.17.